The third-order valence-corrected chi connectivity index (χ3v) is 5.23. The molecule has 1 fully saturated rings. The van der Waals surface area contributed by atoms with Crippen molar-refractivity contribution in [3.05, 3.63) is 47.3 Å². The second-order valence-corrected chi connectivity index (χ2v) is 7.89. The molecule has 2 heterocycles. The van der Waals surface area contributed by atoms with Gasteiger partial charge in [0.2, 0.25) is 0 Å². The van der Waals surface area contributed by atoms with E-state index < -0.39 is 0 Å². The van der Waals surface area contributed by atoms with E-state index in [1.165, 1.54) is 16.8 Å². The highest BCUT2D eigenvalue weighted by Gasteiger charge is 2.15. The lowest BCUT2D eigenvalue weighted by atomic mass is 10.1. The molecule has 0 bridgehead atoms. The maximum atomic E-state index is 5.43. The summed E-state index contributed by atoms with van der Waals surface area (Å²) in [5.41, 5.74) is 4.88. The van der Waals surface area contributed by atoms with E-state index in [1.54, 1.807) is 0 Å². The fraction of sp³-hybridized carbons (Fsp3) is 0.545. The molecule has 0 atom stereocenters. The van der Waals surface area contributed by atoms with Gasteiger partial charge in [-0.25, -0.2) is 0 Å². The molecule has 7 nitrogen and oxygen atoms in total. The molecule has 1 aliphatic rings. The summed E-state index contributed by atoms with van der Waals surface area (Å²) in [7, 11) is 5.87. The second kappa shape index (κ2) is 9.78. The van der Waals surface area contributed by atoms with Crippen molar-refractivity contribution in [2.45, 2.75) is 32.9 Å². The predicted molar refractivity (Wildman–Crippen MR) is 118 cm³/mol. The van der Waals surface area contributed by atoms with Crippen LogP contribution in [0.4, 0.5) is 5.69 Å². The van der Waals surface area contributed by atoms with Gasteiger partial charge in [0.05, 0.1) is 18.9 Å². The van der Waals surface area contributed by atoms with E-state index in [2.05, 4.69) is 76.6 Å². The van der Waals surface area contributed by atoms with Crippen molar-refractivity contribution in [1.29, 1.82) is 0 Å². The topological polar surface area (TPSA) is 57.9 Å². The molecule has 1 aliphatic heterocycles. The lowest BCUT2D eigenvalue weighted by Crippen LogP contribution is -2.38. The predicted octanol–water partition coefficient (Wildman–Crippen LogP) is 2.59. The smallest absolute Gasteiger partial charge is 0.193 e. The van der Waals surface area contributed by atoms with Crippen molar-refractivity contribution in [2.24, 2.45) is 12.0 Å². The molecule has 1 saturated heterocycles. The number of ether oxygens (including phenoxy) is 1. The number of aromatic nitrogens is 2. The highest BCUT2D eigenvalue weighted by Crippen LogP contribution is 2.19. The molecule has 3 rings (SSSR count). The Kier molecular flexibility index (Phi) is 7.14. The van der Waals surface area contributed by atoms with Crippen molar-refractivity contribution < 1.29 is 4.74 Å². The van der Waals surface area contributed by atoms with Crippen LogP contribution in [-0.4, -0.2) is 61.0 Å². The van der Waals surface area contributed by atoms with Crippen LogP contribution in [0.5, 0.6) is 0 Å². The SMILES string of the molecule is CN=C(NCc1ccc(N2CCOCC2)cc1)N(C)Cc1cn(C)nc1C(C)C. The number of nitrogens with one attached hydrogen (secondary N) is 1. The Labute approximate surface area is 174 Å². The number of rotatable bonds is 6. The second-order valence-electron chi connectivity index (χ2n) is 7.89. The van der Waals surface area contributed by atoms with Gasteiger partial charge >= 0.3 is 0 Å². The Hall–Kier alpha value is -2.54. The van der Waals surface area contributed by atoms with Crippen LogP contribution in [0.15, 0.2) is 35.5 Å². The third kappa shape index (κ3) is 5.50. The highest BCUT2D eigenvalue weighted by atomic mass is 16.5. The van der Waals surface area contributed by atoms with Crippen molar-refractivity contribution >= 4 is 11.6 Å². The number of anilines is 1. The minimum Gasteiger partial charge on any atom is -0.378 e. The number of hydrogen-bond acceptors (Lipinski definition) is 4. The molecule has 29 heavy (non-hydrogen) atoms. The molecule has 0 saturated carbocycles. The summed E-state index contributed by atoms with van der Waals surface area (Å²) in [6, 6.07) is 8.75. The zero-order valence-corrected chi connectivity index (χ0v) is 18.4. The number of hydrogen-bond donors (Lipinski definition) is 1. The molecule has 158 valence electrons. The molecule has 1 N–H and O–H groups in total. The zero-order valence-electron chi connectivity index (χ0n) is 18.4. The lowest BCUT2D eigenvalue weighted by Gasteiger charge is -2.29. The van der Waals surface area contributed by atoms with Crippen molar-refractivity contribution in [2.75, 3.05) is 45.3 Å². The number of nitrogens with zero attached hydrogens (tertiary/aromatic N) is 5. The lowest BCUT2D eigenvalue weighted by molar-refractivity contribution is 0.122. The summed E-state index contributed by atoms with van der Waals surface area (Å²) in [5.74, 6) is 1.28. The first kappa shape index (κ1) is 21.2. The summed E-state index contributed by atoms with van der Waals surface area (Å²) >= 11 is 0. The third-order valence-electron chi connectivity index (χ3n) is 5.23. The fourth-order valence-electron chi connectivity index (χ4n) is 3.71. The quantitative estimate of drug-likeness (QED) is 0.599. The van der Waals surface area contributed by atoms with E-state index in [1.807, 2.05) is 18.8 Å². The number of guanidine groups is 1. The number of aliphatic imine (C=N–C) groups is 1. The van der Waals surface area contributed by atoms with Gasteiger partial charge in [-0.3, -0.25) is 9.67 Å². The van der Waals surface area contributed by atoms with E-state index in [-0.39, 0.29) is 0 Å². The standard InChI is InChI=1S/C22H34N6O/c1-17(2)21-19(16-27(5)25-21)15-26(4)22(23-3)24-14-18-6-8-20(9-7-18)28-10-12-29-13-11-28/h6-9,16-17H,10-15H2,1-5H3,(H,23,24). The van der Waals surface area contributed by atoms with E-state index in [0.717, 1.165) is 51.0 Å². The van der Waals surface area contributed by atoms with Gasteiger partial charge in [0, 0.05) is 64.8 Å². The van der Waals surface area contributed by atoms with Crippen molar-refractivity contribution in [3.63, 3.8) is 0 Å². The van der Waals surface area contributed by atoms with Gasteiger partial charge in [-0.15, -0.1) is 0 Å². The van der Waals surface area contributed by atoms with Gasteiger partial charge in [0.1, 0.15) is 0 Å². The molecule has 0 unspecified atom stereocenters. The van der Waals surface area contributed by atoms with Crippen LogP contribution in [0.25, 0.3) is 0 Å². The summed E-state index contributed by atoms with van der Waals surface area (Å²) < 4.78 is 7.33. The molecular formula is C22H34N6O. The molecule has 0 aliphatic carbocycles. The molecule has 7 heteroatoms. The Morgan fingerprint density at radius 1 is 1.24 bits per heavy atom. The number of aryl methyl sites for hydroxylation is 1. The molecular weight excluding hydrogens is 364 g/mol. The van der Waals surface area contributed by atoms with Gasteiger partial charge in [-0.2, -0.15) is 5.10 Å². The normalized spacial score (nSPS) is 15.1. The van der Waals surface area contributed by atoms with Crippen LogP contribution in [0.1, 0.15) is 36.6 Å². The van der Waals surface area contributed by atoms with Crippen LogP contribution >= 0.6 is 0 Å². The van der Waals surface area contributed by atoms with Gasteiger partial charge in [0.25, 0.3) is 0 Å². The average Bonchev–Trinajstić information content (AvgIpc) is 3.10. The van der Waals surface area contributed by atoms with Gasteiger partial charge in [-0.05, 0) is 23.6 Å². The van der Waals surface area contributed by atoms with Gasteiger partial charge in [0.15, 0.2) is 5.96 Å². The Morgan fingerprint density at radius 3 is 2.55 bits per heavy atom. The van der Waals surface area contributed by atoms with Gasteiger partial charge in [-0.1, -0.05) is 26.0 Å². The first-order valence-corrected chi connectivity index (χ1v) is 10.3. The molecule has 1 aromatic heterocycles. The largest absolute Gasteiger partial charge is 0.378 e. The van der Waals surface area contributed by atoms with E-state index in [4.69, 9.17) is 4.74 Å². The fourth-order valence-corrected chi connectivity index (χ4v) is 3.71. The van der Waals surface area contributed by atoms with Gasteiger partial charge < -0.3 is 19.9 Å². The highest BCUT2D eigenvalue weighted by molar-refractivity contribution is 5.79. The Morgan fingerprint density at radius 2 is 1.93 bits per heavy atom. The molecule has 0 radical (unpaired) electrons. The molecule has 1 aromatic carbocycles. The Bertz CT molecular complexity index is 805. The van der Waals surface area contributed by atoms with Crippen LogP contribution in [0.2, 0.25) is 0 Å². The monoisotopic (exact) mass is 398 g/mol. The van der Waals surface area contributed by atoms with E-state index >= 15 is 0 Å². The maximum absolute atomic E-state index is 5.43. The maximum Gasteiger partial charge on any atom is 0.193 e. The summed E-state index contributed by atoms with van der Waals surface area (Å²) in [6.07, 6.45) is 2.10. The van der Waals surface area contributed by atoms with Crippen molar-refractivity contribution in [1.82, 2.24) is 20.0 Å². The first-order valence-electron chi connectivity index (χ1n) is 10.3. The minimum atomic E-state index is 0.402. The summed E-state index contributed by atoms with van der Waals surface area (Å²) in [4.78, 5) is 8.97. The summed E-state index contributed by atoms with van der Waals surface area (Å²) in [5, 5.41) is 8.08. The number of benzene rings is 1. The molecule has 2 aromatic rings. The Balaban J connectivity index is 1.57. The summed E-state index contributed by atoms with van der Waals surface area (Å²) in [6.45, 7) is 9.41. The van der Waals surface area contributed by atoms with Crippen LogP contribution in [-0.2, 0) is 24.9 Å². The van der Waals surface area contributed by atoms with Crippen LogP contribution in [0, 0.1) is 0 Å². The minimum absolute atomic E-state index is 0.402. The molecule has 0 spiro atoms. The number of morpholine rings is 1. The zero-order chi connectivity index (χ0) is 20.8. The van der Waals surface area contributed by atoms with Crippen LogP contribution in [0.3, 0.4) is 0 Å². The van der Waals surface area contributed by atoms with Crippen molar-refractivity contribution in [3.8, 4) is 0 Å². The van der Waals surface area contributed by atoms with Crippen LogP contribution < -0.4 is 10.2 Å². The average molecular weight is 399 g/mol. The van der Waals surface area contributed by atoms with E-state index in [0.29, 0.717) is 5.92 Å². The van der Waals surface area contributed by atoms with E-state index in [9.17, 15) is 0 Å². The molecule has 0 amide bonds. The first-order chi connectivity index (χ1) is 14.0.